The van der Waals surface area contributed by atoms with Gasteiger partial charge >= 0.3 is 0 Å². The number of rotatable bonds is 5. The van der Waals surface area contributed by atoms with Crippen LogP contribution in [-0.2, 0) is 10.0 Å². The van der Waals surface area contributed by atoms with Crippen LogP contribution in [0.5, 0.6) is 5.75 Å². The van der Waals surface area contributed by atoms with Gasteiger partial charge in [0, 0.05) is 5.69 Å². The van der Waals surface area contributed by atoms with Gasteiger partial charge in [0.25, 0.3) is 10.0 Å². The molecule has 0 saturated carbocycles. The molecule has 0 radical (unpaired) electrons. The van der Waals surface area contributed by atoms with Crippen LogP contribution in [0.4, 0.5) is 5.69 Å². The van der Waals surface area contributed by atoms with Crippen LogP contribution in [0.15, 0.2) is 47.4 Å². The van der Waals surface area contributed by atoms with Gasteiger partial charge in [0.1, 0.15) is 5.75 Å². The Bertz CT molecular complexity index is 755. The van der Waals surface area contributed by atoms with Crippen molar-refractivity contribution in [1.29, 1.82) is 0 Å². The largest absolute Gasteiger partial charge is 0.495 e. The highest BCUT2D eigenvalue weighted by Crippen LogP contribution is 2.28. The summed E-state index contributed by atoms with van der Waals surface area (Å²) in [6, 6.07) is 11.7. The molecule has 22 heavy (non-hydrogen) atoms. The Morgan fingerprint density at radius 1 is 1.09 bits per heavy atom. The quantitative estimate of drug-likeness (QED) is 0.884. The zero-order valence-corrected chi connectivity index (χ0v) is 14.2. The lowest BCUT2D eigenvalue weighted by Crippen LogP contribution is -2.13. The molecule has 0 amide bonds. The van der Waals surface area contributed by atoms with Crippen molar-refractivity contribution in [3.05, 3.63) is 53.1 Å². The van der Waals surface area contributed by atoms with Gasteiger partial charge in [-0.05, 0) is 41.8 Å². The fraction of sp³-hybridized carbons (Fsp3) is 0.250. The molecule has 0 aliphatic heterocycles. The van der Waals surface area contributed by atoms with Crippen molar-refractivity contribution in [2.45, 2.75) is 24.7 Å². The number of benzene rings is 2. The van der Waals surface area contributed by atoms with Gasteiger partial charge in [-0.25, -0.2) is 8.42 Å². The second kappa shape index (κ2) is 6.58. The van der Waals surface area contributed by atoms with Crippen molar-refractivity contribution in [3.63, 3.8) is 0 Å². The van der Waals surface area contributed by atoms with Crippen molar-refractivity contribution in [2.24, 2.45) is 0 Å². The fourth-order valence-corrected chi connectivity index (χ4v) is 3.37. The number of hydrogen-bond acceptors (Lipinski definition) is 3. The minimum Gasteiger partial charge on any atom is -0.495 e. The number of hydrogen-bond donors (Lipinski definition) is 1. The lowest BCUT2D eigenvalue weighted by molar-refractivity contribution is 0.414. The molecule has 6 heteroatoms. The zero-order chi connectivity index (χ0) is 16.3. The van der Waals surface area contributed by atoms with Gasteiger partial charge in [0.15, 0.2) is 0 Å². The molecule has 0 aliphatic carbocycles. The van der Waals surface area contributed by atoms with Crippen LogP contribution in [-0.4, -0.2) is 15.5 Å². The Labute approximate surface area is 136 Å². The molecule has 0 atom stereocenters. The summed E-state index contributed by atoms with van der Waals surface area (Å²) in [6.07, 6.45) is 0. The number of ether oxygens (including phenoxy) is 1. The lowest BCUT2D eigenvalue weighted by Gasteiger charge is -2.11. The van der Waals surface area contributed by atoms with Crippen LogP contribution in [0.3, 0.4) is 0 Å². The van der Waals surface area contributed by atoms with E-state index < -0.39 is 10.0 Å². The second-order valence-electron chi connectivity index (χ2n) is 5.18. The summed E-state index contributed by atoms with van der Waals surface area (Å²) in [5.41, 5.74) is 1.66. The second-order valence-corrected chi connectivity index (χ2v) is 7.27. The van der Waals surface area contributed by atoms with E-state index in [1.54, 1.807) is 12.1 Å². The molecular weight excluding hydrogens is 322 g/mol. The van der Waals surface area contributed by atoms with Crippen LogP contribution in [0.2, 0.25) is 5.02 Å². The van der Waals surface area contributed by atoms with Crippen molar-refractivity contribution in [2.75, 3.05) is 11.8 Å². The molecule has 2 rings (SSSR count). The zero-order valence-electron chi connectivity index (χ0n) is 12.6. The minimum absolute atomic E-state index is 0.0891. The first-order valence-corrected chi connectivity index (χ1v) is 8.66. The molecule has 0 fully saturated rings. The van der Waals surface area contributed by atoms with E-state index in [-0.39, 0.29) is 9.92 Å². The highest BCUT2D eigenvalue weighted by atomic mass is 35.5. The first-order valence-electron chi connectivity index (χ1n) is 6.80. The molecule has 0 aliphatic rings. The maximum atomic E-state index is 12.4. The predicted octanol–water partition coefficient (Wildman–Crippen LogP) is 4.27. The molecule has 1 N–H and O–H groups in total. The van der Waals surface area contributed by atoms with Crippen molar-refractivity contribution in [3.8, 4) is 5.75 Å². The Morgan fingerprint density at radius 2 is 1.73 bits per heavy atom. The maximum absolute atomic E-state index is 12.4. The normalized spacial score (nSPS) is 11.5. The molecule has 0 unspecified atom stereocenters. The van der Waals surface area contributed by atoms with E-state index >= 15 is 0 Å². The number of methoxy groups -OCH3 is 1. The monoisotopic (exact) mass is 339 g/mol. The molecule has 0 saturated heterocycles. The lowest BCUT2D eigenvalue weighted by atomic mass is 10.0. The Morgan fingerprint density at radius 3 is 2.23 bits per heavy atom. The predicted molar refractivity (Wildman–Crippen MR) is 89.3 cm³/mol. The van der Waals surface area contributed by atoms with Gasteiger partial charge in [-0.1, -0.05) is 37.6 Å². The Hall–Kier alpha value is -1.72. The third-order valence-corrected chi connectivity index (χ3v) is 4.94. The summed E-state index contributed by atoms with van der Waals surface area (Å²) in [4.78, 5) is 0.0891. The Kier molecular flexibility index (Phi) is 4.98. The number of sulfonamides is 1. The third kappa shape index (κ3) is 3.72. The number of anilines is 1. The fourth-order valence-electron chi connectivity index (χ4n) is 1.96. The molecule has 4 nitrogen and oxygen atoms in total. The molecule has 118 valence electrons. The van der Waals surface area contributed by atoms with E-state index in [1.165, 1.54) is 25.3 Å². The van der Waals surface area contributed by atoms with E-state index in [2.05, 4.69) is 18.6 Å². The minimum atomic E-state index is -3.68. The smallest absolute Gasteiger partial charge is 0.261 e. The van der Waals surface area contributed by atoms with Gasteiger partial charge in [-0.15, -0.1) is 0 Å². The summed E-state index contributed by atoms with van der Waals surface area (Å²) >= 11 is 5.98. The summed E-state index contributed by atoms with van der Waals surface area (Å²) < 4.78 is 32.3. The summed E-state index contributed by atoms with van der Waals surface area (Å²) in [6.45, 7) is 4.16. The summed E-state index contributed by atoms with van der Waals surface area (Å²) in [5.74, 6) is 0.827. The van der Waals surface area contributed by atoms with E-state index in [4.69, 9.17) is 16.3 Å². The van der Waals surface area contributed by atoms with Crippen molar-refractivity contribution < 1.29 is 13.2 Å². The molecule has 0 aromatic heterocycles. The highest BCUT2D eigenvalue weighted by Gasteiger charge is 2.16. The number of halogens is 1. The van der Waals surface area contributed by atoms with Gasteiger partial charge in [0.05, 0.1) is 17.0 Å². The van der Waals surface area contributed by atoms with Crippen LogP contribution in [0.25, 0.3) is 0 Å². The van der Waals surface area contributed by atoms with E-state index in [1.807, 2.05) is 12.1 Å². The molecule has 2 aromatic carbocycles. The third-order valence-electron chi connectivity index (χ3n) is 3.26. The first-order chi connectivity index (χ1) is 10.3. The van der Waals surface area contributed by atoms with Crippen LogP contribution < -0.4 is 9.46 Å². The average molecular weight is 340 g/mol. The van der Waals surface area contributed by atoms with Crippen LogP contribution in [0, 0.1) is 0 Å². The Balaban J connectivity index is 2.25. The molecule has 0 spiro atoms. The standard InChI is InChI=1S/C16H18ClNO3S/c1-11(2)12-4-6-13(7-5-12)18-22(19,20)14-8-9-16(21-3)15(17)10-14/h4-11,18H,1-3H3. The van der Waals surface area contributed by atoms with Gasteiger partial charge in [-0.3, -0.25) is 4.72 Å². The van der Waals surface area contributed by atoms with Gasteiger partial charge in [-0.2, -0.15) is 0 Å². The van der Waals surface area contributed by atoms with Crippen molar-refractivity contribution >= 4 is 27.3 Å². The van der Waals surface area contributed by atoms with E-state index in [9.17, 15) is 8.42 Å². The van der Waals surface area contributed by atoms with E-state index in [0.29, 0.717) is 17.4 Å². The van der Waals surface area contributed by atoms with Gasteiger partial charge in [0.2, 0.25) is 0 Å². The summed E-state index contributed by atoms with van der Waals surface area (Å²) in [5, 5.41) is 0.250. The van der Waals surface area contributed by atoms with Crippen LogP contribution >= 0.6 is 11.6 Å². The number of nitrogens with one attached hydrogen (secondary N) is 1. The van der Waals surface area contributed by atoms with E-state index in [0.717, 1.165) is 5.56 Å². The molecule has 0 heterocycles. The molecule has 0 bridgehead atoms. The van der Waals surface area contributed by atoms with Gasteiger partial charge < -0.3 is 4.74 Å². The SMILES string of the molecule is COc1ccc(S(=O)(=O)Nc2ccc(C(C)C)cc2)cc1Cl. The topological polar surface area (TPSA) is 55.4 Å². The van der Waals surface area contributed by atoms with Crippen LogP contribution in [0.1, 0.15) is 25.3 Å². The summed E-state index contributed by atoms with van der Waals surface area (Å²) in [7, 11) is -2.21. The first kappa shape index (κ1) is 16.6. The average Bonchev–Trinajstić information content (AvgIpc) is 2.47. The molecule has 2 aromatic rings. The molecular formula is C16H18ClNO3S. The highest BCUT2D eigenvalue weighted by molar-refractivity contribution is 7.92. The van der Waals surface area contributed by atoms with Crippen molar-refractivity contribution in [1.82, 2.24) is 0 Å². The maximum Gasteiger partial charge on any atom is 0.261 e.